The Hall–Kier alpha value is -2.14. The van der Waals surface area contributed by atoms with Crippen molar-refractivity contribution in [2.24, 2.45) is 0 Å². The van der Waals surface area contributed by atoms with Crippen LogP contribution >= 0.6 is 0 Å². The lowest BCUT2D eigenvalue weighted by Gasteiger charge is -2.18. The fraction of sp³-hybridized carbons (Fsp3) is 0.825. The van der Waals surface area contributed by atoms with Gasteiger partial charge in [-0.05, 0) is 96.3 Å². The Labute approximate surface area is 386 Å². The van der Waals surface area contributed by atoms with E-state index >= 15 is 0 Å². The molecule has 1 atom stereocenters. The Morgan fingerprint density at radius 3 is 1.15 bits per heavy atom. The van der Waals surface area contributed by atoms with E-state index < -0.39 is 6.10 Å². The predicted octanol–water partition coefficient (Wildman–Crippen LogP) is 18.3. The summed E-state index contributed by atoms with van der Waals surface area (Å²) < 4.78 is 17.4. The highest BCUT2D eigenvalue weighted by molar-refractivity contribution is 5.70. The molecule has 0 aromatic heterocycles. The van der Waals surface area contributed by atoms with Crippen LogP contribution in [0.1, 0.15) is 278 Å². The topological polar surface area (TPSA) is 61.8 Å². The van der Waals surface area contributed by atoms with Crippen molar-refractivity contribution in [2.75, 3.05) is 19.8 Å². The Bertz CT molecular complexity index is 1030. The molecule has 0 spiro atoms. The standard InChI is InChI=1S/C57H104O5/c1-4-7-10-13-16-19-22-25-27-29-30-33-35-38-41-44-47-50-56(58)61-54-55(62-57(59)51-48-45-42-39-36-32-24-21-18-15-12-9-6-3)53-60-52-49-46-43-40-37-34-31-28-26-23-20-17-14-11-8-5-2/h12,15,21,24-28,55H,4-11,13-14,16-20,22-23,29-54H2,1-3H3/b15-12-,24-21-,27-25-,28-26-. The fourth-order valence-corrected chi connectivity index (χ4v) is 7.71. The quantitative estimate of drug-likeness (QED) is 0.0346. The molecule has 0 saturated heterocycles. The van der Waals surface area contributed by atoms with Crippen LogP contribution in [0.4, 0.5) is 0 Å². The molecule has 0 heterocycles. The molecule has 0 radical (unpaired) electrons. The lowest BCUT2D eigenvalue weighted by atomic mass is 10.1. The van der Waals surface area contributed by atoms with Gasteiger partial charge in [0.15, 0.2) is 6.10 Å². The summed E-state index contributed by atoms with van der Waals surface area (Å²) in [4.78, 5) is 25.4. The van der Waals surface area contributed by atoms with E-state index in [1.807, 2.05) is 0 Å². The Kier molecular flexibility index (Phi) is 51.4. The maximum Gasteiger partial charge on any atom is 0.306 e. The van der Waals surface area contributed by atoms with Gasteiger partial charge < -0.3 is 14.2 Å². The number of rotatable bonds is 50. The first-order valence-corrected chi connectivity index (χ1v) is 27.2. The summed E-state index contributed by atoms with van der Waals surface area (Å²) in [6.07, 6.45) is 65.5. The molecule has 62 heavy (non-hydrogen) atoms. The molecule has 0 fully saturated rings. The largest absolute Gasteiger partial charge is 0.462 e. The summed E-state index contributed by atoms with van der Waals surface area (Å²) in [5, 5.41) is 0. The van der Waals surface area contributed by atoms with E-state index in [4.69, 9.17) is 14.2 Å². The van der Waals surface area contributed by atoms with Crippen molar-refractivity contribution in [1.29, 1.82) is 0 Å². The van der Waals surface area contributed by atoms with Gasteiger partial charge in [0, 0.05) is 19.4 Å². The summed E-state index contributed by atoms with van der Waals surface area (Å²) in [6, 6.07) is 0. The molecule has 0 saturated carbocycles. The van der Waals surface area contributed by atoms with Crippen molar-refractivity contribution in [3.63, 3.8) is 0 Å². The highest BCUT2D eigenvalue weighted by Crippen LogP contribution is 2.14. The highest BCUT2D eigenvalue weighted by atomic mass is 16.6. The van der Waals surface area contributed by atoms with Gasteiger partial charge in [-0.15, -0.1) is 0 Å². The van der Waals surface area contributed by atoms with Crippen molar-refractivity contribution in [2.45, 2.75) is 284 Å². The van der Waals surface area contributed by atoms with Crippen molar-refractivity contribution < 1.29 is 23.8 Å². The monoisotopic (exact) mass is 869 g/mol. The van der Waals surface area contributed by atoms with Crippen LogP contribution in [0.25, 0.3) is 0 Å². The lowest BCUT2D eigenvalue weighted by Crippen LogP contribution is -2.30. The molecule has 0 N–H and O–H groups in total. The SMILES string of the molecule is CCC/C=C\C/C=C\CCCCCCCC(=O)OC(COCCCCCCCC/C=C\CCCCCCCC)COC(=O)CCCCCCCCC/C=C\CCCCCCCC. The van der Waals surface area contributed by atoms with Gasteiger partial charge in [0.25, 0.3) is 0 Å². The molecule has 0 aromatic rings. The average Bonchev–Trinajstić information content (AvgIpc) is 3.27. The Morgan fingerprint density at radius 2 is 0.710 bits per heavy atom. The predicted molar refractivity (Wildman–Crippen MR) is 270 cm³/mol. The molecule has 362 valence electrons. The van der Waals surface area contributed by atoms with Gasteiger partial charge in [-0.25, -0.2) is 0 Å². The number of allylic oxidation sites excluding steroid dienone is 8. The summed E-state index contributed by atoms with van der Waals surface area (Å²) >= 11 is 0. The second-order valence-corrected chi connectivity index (χ2v) is 18.1. The van der Waals surface area contributed by atoms with Crippen LogP contribution in [0.15, 0.2) is 48.6 Å². The number of esters is 2. The first-order valence-electron chi connectivity index (χ1n) is 27.2. The van der Waals surface area contributed by atoms with Gasteiger partial charge in [0.2, 0.25) is 0 Å². The van der Waals surface area contributed by atoms with E-state index in [9.17, 15) is 9.59 Å². The molecule has 0 bridgehead atoms. The summed E-state index contributed by atoms with van der Waals surface area (Å²) in [7, 11) is 0. The van der Waals surface area contributed by atoms with E-state index in [0.29, 0.717) is 19.4 Å². The van der Waals surface area contributed by atoms with Crippen LogP contribution in [0.5, 0.6) is 0 Å². The molecule has 5 nitrogen and oxygen atoms in total. The molecule has 1 unspecified atom stereocenters. The maximum atomic E-state index is 12.8. The number of ether oxygens (including phenoxy) is 3. The van der Waals surface area contributed by atoms with E-state index in [1.54, 1.807) is 0 Å². The number of carbonyl (C=O) groups is 2. The molecule has 0 aromatic carbocycles. The van der Waals surface area contributed by atoms with Crippen LogP contribution in [-0.4, -0.2) is 37.9 Å². The highest BCUT2D eigenvalue weighted by Gasteiger charge is 2.17. The normalized spacial score (nSPS) is 12.5. The van der Waals surface area contributed by atoms with E-state index in [-0.39, 0.29) is 25.2 Å². The van der Waals surface area contributed by atoms with Gasteiger partial charge in [-0.2, -0.15) is 0 Å². The minimum atomic E-state index is -0.547. The zero-order chi connectivity index (χ0) is 44.9. The first kappa shape index (κ1) is 59.9. The van der Waals surface area contributed by atoms with Crippen LogP contribution < -0.4 is 0 Å². The van der Waals surface area contributed by atoms with Gasteiger partial charge in [0.1, 0.15) is 6.61 Å². The van der Waals surface area contributed by atoms with Gasteiger partial charge >= 0.3 is 11.9 Å². The molecule has 5 heteroatoms. The van der Waals surface area contributed by atoms with Crippen molar-refractivity contribution >= 4 is 11.9 Å². The second-order valence-electron chi connectivity index (χ2n) is 18.1. The molecule has 0 rings (SSSR count). The first-order chi connectivity index (χ1) is 30.6. The third-order valence-electron chi connectivity index (χ3n) is 11.8. The average molecular weight is 869 g/mol. The summed E-state index contributed by atoms with van der Waals surface area (Å²) in [6.45, 7) is 7.76. The molecular weight excluding hydrogens is 765 g/mol. The van der Waals surface area contributed by atoms with Gasteiger partial charge in [-0.3, -0.25) is 9.59 Å². The minimum Gasteiger partial charge on any atom is -0.462 e. The summed E-state index contributed by atoms with van der Waals surface area (Å²) in [5.74, 6) is -0.412. The molecule has 0 aliphatic carbocycles. The van der Waals surface area contributed by atoms with E-state index in [1.165, 1.54) is 186 Å². The van der Waals surface area contributed by atoms with E-state index in [0.717, 1.165) is 57.8 Å². The number of carbonyl (C=O) groups excluding carboxylic acids is 2. The smallest absolute Gasteiger partial charge is 0.306 e. The van der Waals surface area contributed by atoms with Crippen LogP contribution in [-0.2, 0) is 23.8 Å². The molecular formula is C57H104O5. The summed E-state index contributed by atoms with van der Waals surface area (Å²) in [5.41, 5.74) is 0. The zero-order valence-electron chi connectivity index (χ0n) is 41.6. The van der Waals surface area contributed by atoms with Gasteiger partial charge in [-0.1, -0.05) is 217 Å². The van der Waals surface area contributed by atoms with Crippen molar-refractivity contribution in [1.82, 2.24) is 0 Å². The van der Waals surface area contributed by atoms with Crippen LogP contribution in [0.2, 0.25) is 0 Å². The minimum absolute atomic E-state index is 0.0767. The molecule has 0 aliphatic rings. The molecule has 0 aliphatic heterocycles. The van der Waals surface area contributed by atoms with Crippen LogP contribution in [0.3, 0.4) is 0 Å². The fourth-order valence-electron chi connectivity index (χ4n) is 7.71. The lowest BCUT2D eigenvalue weighted by molar-refractivity contribution is -0.163. The molecule has 0 amide bonds. The Balaban J connectivity index is 4.26. The third-order valence-corrected chi connectivity index (χ3v) is 11.8. The number of hydrogen-bond acceptors (Lipinski definition) is 5. The third kappa shape index (κ3) is 50.5. The van der Waals surface area contributed by atoms with E-state index in [2.05, 4.69) is 69.4 Å². The van der Waals surface area contributed by atoms with Crippen molar-refractivity contribution in [3.8, 4) is 0 Å². The number of unbranched alkanes of at least 4 members (excludes halogenated alkanes) is 31. The Morgan fingerprint density at radius 1 is 0.355 bits per heavy atom. The zero-order valence-corrected chi connectivity index (χ0v) is 41.6. The van der Waals surface area contributed by atoms with Crippen molar-refractivity contribution in [3.05, 3.63) is 48.6 Å². The van der Waals surface area contributed by atoms with Crippen LogP contribution in [0, 0.1) is 0 Å². The maximum absolute atomic E-state index is 12.8. The number of hydrogen-bond donors (Lipinski definition) is 0. The second kappa shape index (κ2) is 53.2. The van der Waals surface area contributed by atoms with Gasteiger partial charge in [0.05, 0.1) is 6.61 Å².